The third kappa shape index (κ3) is 5.44. The summed E-state index contributed by atoms with van der Waals surface area (Å²) in [6, 6.07) is 7.88. The predicted octanol–water partition coefficient (Wildman–Crippen LogP) is 2.99. The van der Waals surface area contributed by atoms with Crippen molar-refractivity contribution >= 4 is 29.0 Å². The standard InChI is InChI=1S/C31H33F2N7O4/c1-18-13-20(3-4-21(18)30(42)38-9-11-39(12-10-38)31(43)23-14-19(17-41)15-35-23)37-28-29-36-16-24(40(29)8-7-34-28)22-5-6-25(44-2)27(33)26(22)32/h3-8,13,16,19,23,35,41H,9-12,14-15,17H2,1-2H3,(H,34,37)/t19-,23+/m1/s1. The number of hydrogen-bond donors (Lipinski definition) is 3. The van der Waals surface area contributed by atoms with Gasteiger partial charge >= 0.3 is 0 Å². The molecule has 2 aromatic heterocycles. The number of carbonyl (C=O) groups is 2. The molecule has 3 N–H and O–H groups in total. The first-order valence-electron chi connectivity index (χ1n) is 14.4. The van der Waals surface area contributed by atoms with Crippen LogP contribution in [0.15, 0.2) is 48.9 Å². The summed E-state index contributed by atoms with van der Waals surface area (Å²) in [5.41, 5.74) is 2.77. The Morgan fingerprint density at radius 2 is 1.86 bits per heavy atom. The lowest BCUT2D eigenvalue weighted by atomic mass is 10.0. The number of halogens is 2. The van der Waals surface area contributed by atoms with Gasteiger partial charge in [0.25, 0.3) is 5.91 Å². The Kier molecular flexibility index (Phi) is 8.15. The molecule has 2 aliphatic rings. The quantitative estimate of drug-likeness (QED) is 0.294. The topological polar surface area (TPSA) is 124 Å². The molecule has 0 radical (unpaired) electrons. The second-order valence-corrected chi connectivity index (χ2v) is 11.1. The Balaban J connectivity index is 1.14. The zero-order valence-corrected chi connectivity index (χ0v) is 24.4. The maximum absolute atomic E-state index is 14.8. The maximum atomic E-state index is 14.8. The minimum atomic E-state index is -1.08. The van der Waals surface area contributed by atoms with Crippen molar-refractivity contribution in [2.24, 2.45) is 5.92 Å². The summed E-state index contributed by atoms with van der Waals surface area (Å²) in [5, 5.41) is 15.8. The molecule has 0 bridgehead atoms. The molecule has 2 aromatic carbocycles. The zero-order valence-electron chi connectivity index (χ0n) is 24.4. The number of aromatic nitrogens is 3. The number of piperazine rings is 1. The van der Waals surface area contributed by atoms with E-state index in [9.17, 15) is 23.5 Å². The first kappa shape index (κ1) is 29.5. The highest BCUT2D eigenvalue weighted by atomic mass is 19.2. The fourth-order valence-electron chi connectivity index (χ4n) is 5.87. The van der Waals surface area contributed by atoms with Crippen molar-refractivity contribution in [1.82, 2.24) is 29.5 Å². The smallest absolute Gasteiger partial charge is 0.254 e. The van der Waals surface area contributed by atoms with E-state index in [4.69, 9.17) is 4.74 Å². The number of fused-ring (bicyclic) bond motifs is 1. The summed E-state index contributed by atoms with van der Waals surface area (Å²) in [5.74, 6) is -1.89. The molecule has 0 saturated carbocycles. The van der Waals surface area contributed by atoms with E-state index in [-0.39, 0.29) is 41.7 Å². The van der Waals surface area contributed by atoms with E-state index in [1.54, 1.807) is 32.5 Å². The molecule has 230 valence electrons. The predicted molar refractivity (Wildman–Crippen MR) is 159 cm³/mol. The SMILES string of the molecule is COc1ccc(-c2cnc3c(Nc4ccc(C(=O)N5CCN(C(=O)[C@@H]6C[C@@H](CO)CN6)CC5)c(C)c4)nccn23)c(F)c1F. The Hall–Kier alpha value is -4.62. The molecular formula is C31H33F2N7O4. The summed E-state index contributed by atoms with van der Waals surface area (Å²) in [6.07, 6.45) is 5.21. The molecule has 2 atom stereocenters. The minimum absolute atomic E-state index is 0.0224. The van der Waals surface area contributed by atoms with E-state index in [0.29, 0.717) is 67.6 Å². The van der Waals surface area contributed by atoms with Gasteiger partial charge in [-0.2, -0.15) is 4.39 Å². The van der Waals surface area contributed by atoms with Gasteiger partial charge in [0.05, 0.1) is 25.0 Å². The summed E-state index contributed by atoms with van der Waals surface area (Å²) < 4.78 is 35.7. The number of hydrogen-bond acceptors (Lipinski definition) is 8. The van der Waals surface area contributed by atoms with Crippen LogP contribution in [-0.4, -0.2) is 93.6 Å². The molecule has 11 nitrogen and oxygen atoms in total. The van der Waals surface area contributed by atoms with Crippen molar-refractivity contribution in [3.05, 3.63) is 71.7 Å². The number of nitrogens with one attached hydrogen (secondary N) is 2. The Bertz CT molecular complexity index is 1720. The minimum Gasteiger partial charge on any atom is -0.494 e. The highest BCUT2D eigenvalue weighted by Gasteiger charge is 2.34. The molecule has 4 aromatic rings. The van der Waals surface area contributed by atoms with Gasteiger partial charge in [0.15, 0.2) is 23.0 Å². The molecule has 13 heteroatoms. The molecule has 44 heavy (non-hydrogen) atoms. The van der Waals surface area contributed by atoms with Crippen LogP contribution in [0.25, 0.3) is 16.9 Å². The molecule has 6 rings (SSSR count). The number of imidazole rings is 1. The van der Waals surface area contributed by atoms with Gasteiger partial charge in [-0.1, -0.05) is 0 Å². The Morgan fingerprint density at radius 3 is 2.57 bits per heavy atom. The van der Waals surface area contributed by atoms with Crippen molar-refractivity contribution in [2.45, 2.75) is 19.4 Å². The first-order valence-corrected chi connectivity index (χ1v) is 14.4. The lowest BCUT2D eigenvalue weighted by Crippen LogP contribution is -2.54. The van der Waals surface area contributed by atoms with Crippen molar-refractivity contribution in [3.63, 3.8) is 0 Å². The number of aliphatic hydroxyl groups is 1. The highest BCUT2D eigenvalue weighted by Crippen LogP contribution is 2.32. The third-order valence-corrected chi connectivity index (χ3v) is 8.35. The number of aliphatic hydroxyl groups excluding tert-OH is 1. The van der Waals surface area contributed by atoms with E-state index < -0.39 is 11.6 Å². The van der Waals surface area contributed by atoms with Gasteiger partial charge in [-0.15, -0.1) is 0 Å². The van der Waals surface area contributed by atoms with E-state index >= 15 is 0 Å². The number of anilines is 2. The van der Waals surface area contributed by atoms with Crippen LogP contribution in [0.5, 0.6) is 5.75 Å². The highest BCUT2D eigenvalue weighted by molar-refractivity contribution is 5.96. The number of ether oxygens (including phenoxy) is 1. The molecular weight excluding hydrogens is 572 g/mol. The molecule has 0 spiro atoms. The van der Waals surface area contributed by atoms with Crippen LogP contribution in [0, 0.1) is 24.5 Å². The molecule has 2 amide bonds. The van der Waals surface area contributed by atoms with Crippen LogP contribution in [0.1, 0.15) is 22.3 Å². The zero-order chi connectivity index (χ0) is 31.0. The van der Waals surface area contributed by atoms with E-state index in [0.717, 1.165) is 5.56 Å². The average Bonchev–Trinajstić information content (AvgIpc) is 3.70. The summed E-state index contributed by atoms with van der Waals surface area (Å²) in [7, 11) is 1.27. The second kappa shape index (κ2) is 12.2. The summed E-state index contributed by atoms with van der Waals surface area (Å²) in [4.78, 5) is 38.6. The van der Waals surface area contributed by atoms with E-state index in [1.807, 2.05) is 13.0 Å². The van der Waals surface area contributed by atoms with E-state index in [1.165, 1.54) is 31.6 Å². The lowest BCUT2D eigenvalue weighted by molar-refractivity contribution is -0.134. The van der Waals surface area contributed by atoms with Crippen molar-refractivity contribution in [3.8, 4) is 17.0 Å². The molecule has 4 heterocycles. The number of nitrogens with zero attached hydrogens (tertiary/aromatic N) is 5. The molecule has 2 aliphatic heterocycles. The monoisotopic (exact) mass is 605 g/mol. The van der Waals surface area contributed by atoms with Gasteiger partial charge in [-0.25, -0.2) is 14.4 Å². The van der Waals surface area contributed by atoms with E-state index in [2.05, 4.69) is 20.6 Å². The van der Waals surface area contributed by atoms with Crippen LogP contribution in [0.3, 0.4) is 0 Å². The number of benzene rings is 2. The van der Waals surface area contributed by atoms with Gasteiger partial charge in [-0.3, -0.25) is 14.0 Å². The summed E-state index contributed by atoms with van der Waals surface area (Å²) in [6.45, 7) is 4.34. The van der Waals surface area contributed by atoms with Crippen molar-refractivity contribution in [1.29, 1.82) is 0 Å². The number of methoxy groups -OCH3 is 1. The fourth-order valence-corrected chi connectivity index (χ4v) is 5.87. The van der Waals surface area contributed by atoms with Crippen molar-refractivity contribution in [2.75, 3.05) is 51.8 Å². The third-order valence-electron chi connectivity index (χ3n) is 8.35. The fraction of sp³-hybridized carbons (Fsp3) is 0.355. The maximum Gasteiger partial charge on any atom is 0.254 e. The first-order chi connectivity index (χ1) is 21.3. The number of amides is 2. The largest absolute Gasteiger partial charge is 0.494 e. The van der Waals surface area contributed by atoms with Gasteiger partial charge < -0.3 is 30.3 Å². The molecule has 2 saturated heterocycles. The van der Waals surface area contributed by atoms with Crippen LogP contribution in [-0.2, 0) is 4.79 Å². The number of aryl methyl sites for hydroxylation is 1. The second-order valence-electron chi connectivity index (χ2n) is 11.1. The van der Waals surface area contributed by atoms with Crippen LogP contribution < -0.4 is 15.4 Å². The van der Waals surface area contributed by atoms with Gasteiger partial charge in [0.1, 0.15) is 0 Å². The molecule has 2 fully saturated rings. The lowest BCUT2D eigenvalue weighted by Gasteiger charge is -2.36. The van der Waals surface area contributed by atoms with Crippen LogP contribution in [0.4, 0.5) is 20.3 Å². The van der Waals surface area contributed by atoms with Crippen LogP contribution >= 0.6 is 0 Å². The molecule has 0 aliphatic carbocycles. The van der Waals surface area contributed by atoms with Gasteiger partial charge in [-0.05, 0) is 55.2 Å². The van der Waals surface area contributed by atoms with Crippen LogP contribution in [0.2, 0.25) is 0 Å². The Morgan fingerprint density at radius 1 is 1.09 bits per heavy atom. The number of carbonyl (C=O) groups excluding carboxylic acids is 2. The van der Waals surface area contributed by atoms with Crippen molar-refractivity contribution < 1.29 is 28.2 Å². The normalized spacial score (nSPS) is 18.6. The van der Waals surface area contributed by atoms with Gasteiger partial charge in [0.2, 0.25) is 11.7 Å². The number of rotatable bonds is 7. The Labute approximate surface area is 252 Å². The average molecular weight is 606 g/mol. The molecule has 0 unspecified atom stereocenters. The van der Waals surface area contributed by atoms with Gasteiger partial charge in [0, 0.05) is 68.5 Å². The summed E-state index contributed by atoms with van der Waals surface area (Å²) >= 11 is 0.